The van der Waals surface area contributed by atoms with Gasteiger partial charge in [-0.3, -0.25) is 0 Å². The molecule has 2 nitrogen and oxygen atoms in total. The topological polar surface area (TPSA) is 52.0 Å². The van der Waals surface area contributed by atoms with Crippen LogP contribution in [0.5, 0.6) is 0 Å². The zero-order valence-corrected chi connectivity index (χ0v) is 48.4. The lowest BCUT2D eigenvalue weighted by molar-refractivity contribution is 0.250. The Labute approximate surface area is 438 Å². The summed E-state index contributed by atoms with van der Waals surface area (Å²) in [6.45, 7) is 3.19. The molecule has 0 bridgehead atoms. The standard InChI is InChI=1S/C67H136N2/c1-2-3-4-5-6-7-8-9-10-11-12-13-14-15-16-17-18-21-24-27-30-33-36-39-42-45-48-51-54-57-65-59-61-67(69)62-60-66(64-65)58-55-52-49-46-43-40-37-34-31-28-25-22-19-20-23-26-29-32-35-38-41-44-47-50-53-56-63-68/h65-67H,2-64,68-69H2,1H3. The molecule has 0 aromatic carbocycles. The average molecular weight is 970 g/mol. The lowest BCUT2D eigenvalue weighted by Gasteiger charge is -2.29. The highest BCUT2D eigenvalue weighted by Gasteiger charge is 2.21. The maximum atomic E-state index is 6.58. The molecule has 1 rings (SSSR count). The molecule has 0 saturated heterocycles. The van der Waals surface area contributed by atoms with Gasteiger partial charge in [-0.25, -0.2) is 0 Å². The minimum atomic E-state index is 0.473. The number of unbranched alkanes of at least 4 members (excludes halogenated alkanes) is 53. The Morgan fingerprint density at radius 2 is 0.406 bits per heavy atom. The van der Waals surface area contributed by atoms with Crippen LogP contribution in [0, 0.1) is 11.8 Å². The van der Waals surface area contributed by atoms with E-state index in [0.29, 0.717) is 6.04 Å². The minimum Gasteiger partial charge on any atom is -0.330 e. The Hall–Kier alpha value is -0.0800. The molecule has 1 fully saturated rings. The van der Waals surface area contributed by atoms with Gasteiger partial charge in [-0.1, -0.05) is 366 Å². The Bertz CT molecular complexity index is 902. The van der Waals surface area contributed by atoms with Crippen molar-refractivity contribution < 1.29 is 0 Å². The van der Waals surface area contributed by atoms with Crippen LogP contribution >= 0.6 is 0 Å². The maximum Gasteiger partial charge on any atom is 0.00390 e. The van der Waals surface area contributed by atoms with Gasteiger partial charge in [0.1, 0.15) is 0 Å². The molecule has 1 aliphatic carbocycles. The first-order valence-corrected chi connectivity index (χ1v) is 33.7. The fourth-order valence-corrected chi connectivity index (χ4v) is 12.4. The summed E-state index contributed by atoms with van der Waals surface area (Å²) >= 11 is 0. The predicted molar refractivity (Wildman–Crippen MR) is 316 cm³/mol. The molecular weight excluding hydrogens is 833 g/mol. The van der Waals surface area contributed by atoms with Crippen LogP contribution < -0.4 is 11.5 Å². The van der Waals surface area contributed by atoms with Crippen molar-refractivity contribution >= 4 is 0 Å². The van der Waals surface area contributed by atoms with E-state index in [-0.39, 0.29) is 0 Å². The Morgan fingerprint density at radius 1 is 0.232 bits per heavy atom. The summed E-state index contributed by atoms with van der Waals surface area (Å²) in [7, 11) is 0. The molecule has 0 radical (unpaired) electrons. The first-order chi connectivity index (χ1) is 34.3. The summed E-state index contributed by atoms with van der Waals surface area (Å²) in [6.07, 6.45) is 90.8. The second kappa shape index (κ2) is 58.8. The van der Waals surface area contributed by atoms with Crippen molar-refractivity contribution in [3.05, 3.63) is 0 Å². The molecule has 0 amide bonds. The lowest BCUT2D eigenvalue weighted by Crippen LogP contribution is -2.25. The third-order valence-corrected chi connectivity index (χ3v) is 17.3. The van der Waals surface area contributed by atoms with Crippen LogP contribution in [-0.2, 0) is 0 Å². The molecule has 0 spiro atoms. The van der Waals surface area contributed by atoms with Crippen LogP contribution in [0.25, 0.3) is 0 Å². The Kier molecular flexibility index (Phi) is 57.0. The predicted octanol–water partition coefficient (Wildman–Crippen LogP) is 23.7. The van der Waals surface area contributed by atoms with Crippen molar-refractivity contribution in [1.29, 1.82) is 0 Å². The van der Waals surface area contributed by atoms with Gasteiger partial charge in [-0.05, 0) is 56.9 Å². The van der Waals surface area contributed by atoms with Crippen molar-refractivity contribution in [2.24, 2.45) is 23.3 Å². The van der Waals surface area contributed by atoms with E-state index in [2.05, 4.69) is 6.92 Å². The molecule has 4 N–H and O–H groups in total. The molecule has 0 aliphatic heterocycles. The van der Waals surface area contributed by atoms with E-state index in [1.165, 1.54) is 398 Å². The third kappa shape index (κ3) is 54.0. The molecule has 2 heteroatoms. The zero-order chi connectivity index (χ0) is 49.3. The van der Waals surface area contributed by atoms with E-state index in [1.807, 2.05) is 0 Å². The first kappa shape index (κ1) is 66.9. The summed E-state index contributed by atoms with van der Waals surface area (Å²) in [5.41, 5.74) is 12.2. The highest BCUT2D eigenvalue weighted by Crippen LogP contribution is 2.33. The molecule has 69 heavy (non-hydrogen) atoms. The van der Waals surface area contributed by atoms with Crippen molar-refractivity contribution in [3.63, 3.8) is 0 Å². The molecule has 3 unspecified atom stereocenters. The molecule has 0 aromatic rings. The highest BCUT2D eigenvalue weighted by atomic mass is 14.6. The van der Waals surface area contributed by atoms with Crippen LogP contribution in [0.4, 0.5) is 0 Å². The number of rotatable bonds is 58. The van der Waals surface area contributed by atoms with Gasteiger partial charge in [0.05, 0.1) is 0 Å². The third-order valence-electron chi connectivity index (χ3n) is 17.3. The first-order valence-electron chi connectivity index (χ1n) is 33.7. The quantitative estimate of drug-likeness (QED) is 0.0597. The van der Waals surface area contributed by atoms with Gasteiger partial charge < -0.3 is 11.5 Å². The molecule has 0 aromatic heterocycles. The number of hydrogen-bond acceptors (Lipinski definition) is 2. The summed E-state index contributed by atoms with van der Waals surface area (Å²) < 4.78 is 0. The Morgan fingerprint density at radius 3 is 0.594 bits per heavy atom. The molecule has 414 valence electrons. The second-order valence-electron chi connectivity index (χ2n) is 24.3. The van der Waals surface area contributed by atoms with Crippen LogP contribution in [-0.4, -0.2) is 12.6 Å². The molecular formula is C67H136N2. The number of nitrogens with two attached hydrogens (primary N) is 2. The SMILES string of the molecule is CCCCCCCCCCCCCCCCCCCCCCCCCCCCCCCC1CCC(N)CCC(CCCCCCCCCCCCCCCCCCCCCCCCCCCCN)C1. The fraction of sp³-hybridized carbons (Fsp3) is 1.00. The summed E-state index contributed by atoms with van der Waals surface area (Å²) in [5.74, 6) is 1.92. The fourth-order valence-electron chi connectivity index (χ4n) is 12.4. The zero-order valence-electron chi connectivity index (χ0n) is 48.4. The molecule has 1 saturated carbocycles. The van der Waals surface area contributed by atoms with E-state index in [9.17, 15) is 0 Å². The van der Waals surface area contributed by atoms with Crippen molar-refractivity contribution in [1.82, 2.24) is 0 Å². The van der Waals surface area contributed by atoms with E-state index >= 15 is 0 Å². The van der Waals surface area contributed by atoms with Crippen LogP contribution in [0.2, 0.25) is 0 Å². The van der Waals surface area contributed by atoms with E-state index < -0.39 is 0 Å². The molecule has 1 aliphatic rings. The van der Waals surface area contributed by atoms with E-state index in [0.717, 1.165) is 18.4 Å². The monoisotopic (exact) mass is 969 g/mol. The highest BCUT2D eigenvalue weighted by molar-refractivity contribution is 4.76. The van der Waals surface area contributed by atoms with Gasteiger partial charge in [0.15, 0.2) is 0 Å². The van der Waals surface area contributed by atoms with Crippen LogP contribution in [0.3, 0.4) is 0 Å². The van der Waals surface area contributed by atoms with Gasteiger partial charge >= 0.3 is 0 Å². The van der Waals surface area contributed by atoms with Crippen LogP contribution in [0.15, 0.2) is 0 Å². The minimum absolute atomic E-state index is 0.473. The van der Waals surface area contributed by atoms with Gasteiger partial charge in [-0.2, -0.15) is 0 Å². The van der Waals surface area contributed by atoms with Gasteiger partial charge in [-0.15, -0.1) is 0 Å². The largest absolute Gasteiger partial charge is 0.330 e. The maximum absolute atomic E-state index is 6.58. The van der Waals surface area contributed by atoms with Crippen molar-refractivity contribution in [2.45, 2.75) is 411 Å². The number of hydrogen-bond donors (Lipinski definition) is 2. The van der Waals surface area contributed by atoms with E-state index in [1.54, 1.807) is 0 Å². The average Bonchev–Trinajstić information content (AvgIpc) is 3.35. The molecule has 3 atom stereocenters. The van der Waals surface area contributed by atoms with Gasteiger partial charge in [0, 0.05) is 6.04 Å². The van der Waals surface area contributed by atoms with Crippen molar-refractivity contribution in [3.8, 4) is 0 Å². The second-order valence-corrected chi connectivity index (χ2v) is 24.3. The van der Waals surface area contributed by atoms with Gasteiger partial charge in [0.2, 0.25) is 0 Å². The summed E-state index contributed by atoms with van der Waals surface area (Å²) in [4.78, 5) is 0. The van der Waals surface area contributed by atoms with Gasteiger partial charge in [0.25, 0.3) is 0 Å². The van der Waals surface area contributed by atoms with Crippen LogP contribution in [0.1, 0.15) is 405 Å². The lowest BCUT2D eigenvalue weighted by atomic mass is 9.78. The molecule has 0 heterocycles. The normalized spacial score (nSPS) is 16.7. The Balaban J connectivity index is 1.81. The summed E-state index contributed by atoms with van der Waals surface area (Å²) in [6, 6.07) is 0.473. The summed E-state index contributed by atoms with van der Waals surface area (Å²) in [5, 5.41) is 0. The smallest absolute Gasteiger partial charge is 0.00390 e. The van der Waals surface area contributed by atoms with E-state index in [4.69, 9.17) is 11.5 Å². The van der Waals surface area contributed by atoms with Crippen molar-refractivity contribution in [2.75, 3.05) is 6.54 Å².